The van der Waals surface area contributed by atoms with Gasteiger partial charge in [-0.3, -0.25) is 0 Å². The molecule has 104 valence electrons. The molecule has 0 radical (unpaired) electrons. The number of nitriles is 1. The minimum Gasteiger partial charge on any atom is -0.349 e. The molecule has 0 saturated heterocycles. The van der Waals surface area contributed by atoms with Crippen LogP contribution in [0, 0.1) is 36.0 Å². The van der Waals surface area contributed by atoms with E-state index in [1.807, 2.05) is 6.92 Å². The third kappa shape index (κ3) is 1.96. The van der Waals surface area contributed by atoms with E-state index in [-0.39, 0.29) is 5.54 Å². The topological polar surface area (TPSA) is 61.6 Å². The average molecular weight is 268 g/mol. The largest absolute Gasteiger partial charge is 0.349 e. The van der Waals surface area contributed by atoms with Crippen LogP contribution in [0.5, 0.6) is 0 Å². The zero-order valence-electron chi connectivity index (χ0n) is 11.9. The summed E-state index contributed by atoms with van der Waals surface area (Å²) in [4.78, 5) is 8.83. The second-order valence-electron chi connectivity index (χ2n) is 7.15. The highest BCUT2D eigenvalue weighted by Gasteiger charge is 2.51. The van der Waals surface area contributed by atoms with Crippen molar-refractivity contribution in [3.05, 3.63) is 17.5 Å². The first-order valence-electron chi connectivity index (χ1n) is 7.68. The molecule has 4 heteroatoms. The number of rotatable bonds is 2. The molecular weight excluding hydrogens is 248 g/mol. The normalized spacial score (nSPS) is 37.7. The fraction of sp³-hybridized carbons (Fsp3) is 0.688. The maximum atomic E-state index is 9.05. The lowest BCUT2D eigenvalue weighted by Crippen LogP contribution is -2.55. The molecule has 4 aliphatic rings. The van der Waals surface area contributed by atoms with Crippen molar-refractivity contribution in [1.82, 2.24) is 9.97 Å². The van der Waals surface area contributed by atoms with Crippen LogP contribution in [0.4, 0.5) is 5.95 Å². The van der Waals surface area contributed by atoms with Crippen LogP contribution in [-0.4, -0.2) is 15.5 Å². The fourth-order valence-corrected chi connectivity index (χ4v) is 5.18. The number of hydrogen-bond donors (Lipinski definition) is 1. The van der Waals surface area contributed by atoms with E-state index in [4.69, 9.17) is 5.26 Å². The summed E-state index contributed by atoms with van der Waals surface area (Å²) in [6, 6.07) is 3.87. The Morgan fingerprint density at radius 1 is 1.15 bits per heavy atom. The third-order valence-corrected chi connectivity index (χ3v) is 5.38. The summed E-state index contributed by atoms with van der Waals surface area (Å²) in [5, 5.41) is 12.7. The van der Waals surface area contributed by atoms with Crippen molar-refractivity contribution >= 4 is 5.95 Å². The van der Waals surface area contributed by atoms with Crippen LogP contribution in [0.3, 0.4) is 0 Å². The van der Waals surface area contributed by atoms with Gasteiger partial charge in [0, 0.05) is 11.2 Å². The summed E-state index contributed by atoms with van der Waals surface area (Å²) < 4.78 is 0. The number of anilines is 1. The Bertz CT molecular complexity index is 551. The van der Waals surface area contributed by atoms with Crippen molar-refractivity contribution in [3.63, 3.8) is 0 Å². The molecule has 0 aliphatic heterocycles. The van der Waals surface area contributed by atoms with E-state index in [2.05, 4.69) is 21.4 Å². The van der Waals surface area contributed by atoms with Crippen LogP contribution >= 0.6 is 0 Å². The Morgan fingerprint density at radius 3 is 2.30 bits per heavy atom. The summed E-state index contributed by atoms with van der Waals surface area (Å²) >= 11 is 0. The van der Waals surface area contributed by atoms with E-state index in [0.29, 0.717) is 11.6 Å². The van der Waals surface area contributed by atoms with Crippen LogP contribution < -0.4 is 5.32 Å². The van der Waals surface area contributed by atoms with Crippen LogP contribution in [0.25, 0.3) is 0 Å². The maximum Gasteiger partial charge on any atom is 0.224 e. The van der Waals surface area contributed by atoms with E-state index in [9.17, 15) is 0 Å². The Hall–Kier alpha value is -1.63. The Morgan fingerprint density at radius 2 is 1.75 bits per heavy atom. The molecule has 4 saturated carbocycles. The van der Waals surface area contributed by atoms with Gasteiger partial charge >= 0.3 is 0 Å². The predicted molar refractivity (Wildman–Crippen MR) is 76.0 cm³/mol. The monoisotopic (exact) mass is 268 g/mol. The molecule has 1 aromatic heterocycles. The molecular formula is C16H20N4. The van der Waals surface area contributed by atoms with Crippen molar-refractivity contribution in [3.8, 4) is 6.07 Å². The standard InChI is InChI=1S/C16H20N4/c1-10-2-14(9-17)19-15(18-10)20-16-6-11-3-12(7-16)5-13(4-11)8-16/h2,11-13H,3-8H2,1H3,(H,18,19,20). The SMILES string of the molecule is Cc1cc(C#N)nc(NC23CC4CC(CC(C4)C2)C3)n1. The van der Waals surface area contributed by atoms with E-state index < -0.39 is 0 Å². The minimum absolute atomic E-state index is 0.204. The minimum atomic E-state index is 0.204. The summed E-state index contributed by atoms with van der Waals surface area (Å²) in [6.07, 6.45) is 8.08. The highest BCUT2D eigenvalue weighted by atomic mass is 15.2. The molecule has 4 bridgehead atoms. The number of nitrogens with one attached hydrogen (secondary N) is 1. The molecule has 1 N–H and O–H groups in total. The zero-order valence-corrected chi connectivity index (χ0v) is 11.9. The van der Waals surface area contributed by atoms with Crippen molar-refractivity contribution in [2.75, 3.05) is 5.32 Å². The molecule has 1 aromatic rings. The lowest BCUT2D eigenvalue weighted by atomic mass is 9.53. The molecule has 0 amide bonds. The Balaban J connectivity index is 1.63. The molecule has 4 nitrogen and oxygen atoms in total. The smallest absolute Gasteiger partial charge is 0.224 e. The molecule has 4 aliphatic carbocycles. The molecule has 20 heavy (non-hydrogen) atoms. The molecule has 0 unspecified atom stereocenters. The van der Waals surface area contributed by atoms with Crippen molar-refractivity contribution in [2.45, 2.75) is 51.0 Å². The third-order valence-electron chi connectivity index (χ3n) is 5.38. The molecule has 5 rings (SSSR count). The fourth-order valence-electron chi connectivity index (χ4n) is 5.18. The lowest BCUT2D eigenvalue weighted by Gasteiger charge is -2.56. The Kier molecular flexibility index (Phi) is 2.54. The lowest BCUT2D eigenvalue weighted by molar-refractivity contribution is 0.0103. The first kappa shape index (κ1) is 12.1. The van der Waals surface area contributed by atoms with E-state index in [0.717, 1.165) is 23.4 Å². The predicted octanol–water partition coefficient (Wildman–Crippen LogP) is 3.04. The first-order chi connectivity index (χ1) is 9.64. The van der Waals surface area contributed by atoms with Crippen LogP contribution in [0.1, 0.15) is 49.9 Å². The summed E-state index contributed by atoms with van der Waals surface area (Å²) in [6.45, 7) is 1.92. The van der Waals surface area contributed by atoms with Crippen molar-refractivity contribution in [2.24, 2.45) is 17.8 Å². The van der Waals surface area contributed by atoms with Gasteiger partial charge in [0.25, 0.3) is 0 Å². The average Bonchev–Trinajstić information content (AvgIpc) is 2.35. The highest BCUT2D eigenvalue weighted by Crippen LogP contribution is 2.56. The van der Waals surface area contributed by atoms with Gasteiger partial charge in [-0.2, -0.15) is 5.26 Å². The van der Waals surface area contributed by atoms with Crippen LogP contribution in [-0.2, 0) is 0 Å². The number of aromatic nitrogens is 2. The van der Waals surface area contributed by atoms with Crippen molar-refractivity contribution < 1.29 is 0 Å². The van der Waals surface area contributed by atoms with Crippen LogP contribution in [0.2, 0.25) is 0 Å². The van der Waals surface area contributed by atoms with Gasteiger partial charge in [0.2, 0.25) is 5.95 Å². The van der Waals surface area contributed by atoms with Gasteiger partial charge in [-0.15, -0.1) is 0 Å². The number of aryl methyl sites for hydroxylation is 1. The van der Waals surface area contributed by atoms with Gasteiger partial charge in [-0.1, -0.05) is 0 Å². The van der Waals surface area contributed by atoms with Gasteiger partial charge in [-0.25, -0.2) is 9.97 Å². The summed E-state index contributed by atoms with van der Waals surface area (Å²) in [7, 11) is 0. The molecule has 1 heterocycles. The van der Waals surface area contributed by atoms with E-state index >= 15 is 0 Å². The second kappa shape index (κ2) is 4.18. The summed E-state index contributed by atoms with van der Waals surface area (Å²) in [5.41, 5.74) is 1.53. The van der Waals surface area contributed by atoms with E-state index in [1.165, 1.54) is 38.5 Å². The molecule has 0 atom stereocenters. The molecule has 0 spiro atoms. The van der Waals surface area contributed by atoms with Gasteiger partial charge in [0.05, 0.1) is 0 Å². The number of nitrogens with zero attached hydrogens (tertiary/aromatic N) is 3. The van der Waals surface area contributed by atoms with E-state index in [1.54, 1.807) is 6.07 Å². The molecule has 0 aromatic carbocycles. The Labute approximate surface area is 119 Å². The van der Waals surface area contributed by atoms with Crippen LogP contribution in [0.15, 0.2) is 6.07 Å². The summed E-state index contributed by atoms with van der Waals surface area (Å²) in [5.74, 6) is 3.35. The maximum absolute atomic E-state index is 9.05. The van der Waals surface area contributed by atoms with Gasteiger partial charge in [0.15, 0.2) is 0 Å². The van der Waals surface area contributed by atoms with Gasteiger partial charge < -0.3 is 5.32 Å². The zero-order chi connectivity index (χ0) is 13.7. The number of hydrogen-bond acceptors (Lipinski definition) is 4. The quantitative estimate of drug-likeness (QED) is 0.895. The highest BCUT2D eigenvalue weighted by molar-refractivity contribution is 5.37. The van der Waals surface area contributed by atoms with Gasteiger partial charge in [0.1, 0.15) is 11.8 Å². The van der Waals surface area contributed by atoms with Gasteiger partial charge in [-0.05, 0) is 69.3 Å². The first-order valence-corrected chi connectivity index (χ1v) is 7.68. The second-order valence-corrected chi connectivity index (χ2v) is 7.15. The molecule has 4 fully saturated rings. The van der Waals surface area contributed by atoms with Crippen molar-refractivity contribution in [1.29, 1.82) is 5.26 Å².